The molecule has 1 heterocycles. The van der Waals surface area contributed by atoms with Crippen LogP contribution in [0.3, 0.4) is 0 Å². The first-order chi connectivity index (χ1) is 9.15. The number of carbonyl (C=O) groups excluding carboxylic acids is 1. The number of hydrogen-bond acceptors (Lipinski definition) is 3. The van der Waals surface area contributed by atoms with Crippen LogP contribution in [0.4, 0.5) is 14.5 Å². The van der Waals surface area contributed by atoms with E-state index in [1.807, 2.05) is 6.07 Å². The molecule has 0 aliphatic rings. The summed E-state index contributed by atoms with van der Waals surface area (Å²) in [5.41, 5.74) is 0.227. The molecule has 1 amide bonds. The Labute approximate surface area is 113 Å². The van der Waals surface area contributed by atoms with Crippen LogP contribution in [0, 0.1) is 11.6 Å². The Bertz CT molecular complexity index is 578. The predicted octanol–water partition coefficient (Wildman–Crippen LogP) is 3.09. The van der Waals surface area contributed by atoms with Crippen LogP contribution in [0.25, 0.3) is 0 Å². The number of aromatic nitrogens is 1. The van der Waals surface area contributed by atoms with Crippen LogP contribution < -0.4 is 5.32 Å². The minimum absolute atomic E-state index is 0.149. The molecule has 1 aromatic heterocycles. The molecule has 0 spiro atoms. The van der Waals surface area contributed by atoms with Crippen molar-refractivity contribution in [1.82, 2.24) is 4.98 Å². The lowest BCUT2D eigenvalue weighted by Crippen LogP contribution is -2.14. The monoisotopic (exact) mass is 280 g/mol. The van der Waals surface area contributed by atoms with Crippen LogP contribution >= 0.6 is 11.8 Å². The Hall–Kier alpha value is -1.95. The molecule has 3 nitrogen and oxygen atoms in total. The first-order valence-corrected chi connectivity index (χ1v) is 6.42. The Morgan fingerprint density at radius 2 is 2.05 bits per heavy atom. The van der Waals surface area contributed by atoms with E-state index in [0.29, 0.717) is 0 Å². The number of halogens is 2. The summed E-state index contributed by atoms with van der Waals surface area (Å²) in [5, 5.41) is 3.21. The molecular weight excluding hydrogens is 270 g/mol. The van der Waals surface area contributed by atoms with E-state index in [2.05, 4.69) is 10.3 Å². The molecule has 6 heteroatoms. The molecule has 0 aliphatic carbocycles. The van der Waals surface area contributed by atoms with Crippen molar-refractivity contribution < 1.29 is 13.6 Å². The fraction of sp³-hybridized carbons (Fsp3) is 0.0769. The van der Waals surface area contributed by atoms with Crippen LogP contribution in [0.2, 0.25) is 0 Å². The van der Waals surface area contributed by atoms with E-state index in [4.69, 9.17) is 0 Å². The summed E-state index contributed by atoms with van der Waals surface area (Å²) in [4.78, 5) is 15.7. The van der Waals surface area contributed by atoms with E-state index in [-0.39, 0.29) is 17.3 Å². The van der Waals surface area contributed by atoms with Gasteiger partial charge in [0.1, 0.15) is 0 Å². The number of amides is 1. The van der Waals surface area contributed by atoms with Gasteiger partial charge in [0.2, 0.25) is 5.91 Å². The number of nitrogens with zero attached hydrogens (tertiary/aromatic N) is 1. The van der Waals surface area contributed by atoms with Gasteiger partial charge in [-0.25, -0.2) is 13.8 Å². The fourth-order valence-corrected chi connectivity index (χ4v) is 2.00. The molecule has 0 fully saturated rings. The number of carbonyl (C=O) groups is 1. The van der Waals surface area contributed by atoms with Gasteiger partial charge in [-0.2, -0.15) is 0 Å². The second-order valence-electron chi connectivity index (χ2n) is 3.63. The number of nitrogens with one attached hydrogen (secondary N) is 1. The van der Waals surface area contributed by atoms with Gasteiger partial charge >= 0.3 is 0 Å². The van der Waals surface area contributed by atoms with Crippen LogP contribution in [-0.2, 0) is 4.79 Å². The first kappa shape index (κ1) is 13.5. The van der Waals surface area contributed by atoms with Gasteiger partial charge in [0, 0.05) is 18.0 Å². The SMILES string of the molecule is O=C(CSc1ccccn1)Nc1ccc(F)c(F)c1. The second-order valence-corrected chi connectivity index (χ2v) is 4.63. The Balaban J connectivity index is 1.89. The number of hydrogen-bond donors (Lipinski definition) is 1. The van der Waals surface area contributed by atoms with Crippen molar-refractivity contribution in [3.8, 4) is 0 Å². The standard InChI is InChI=1S/C13H10F2N2OS/c14-10-5-4-9(7-11(10)15)17-12(18)8-19-13-3-1-2-6-16-13/h1-7H,8H2,(H,17,18). The molecule has 0 saturated heterocycles. The number of rotatable bonds is 4. The average molecular weight is 280 g/mol. The molecule has 0 atom stereocenters. The van der Waals surface area contributed by atoms with Gasteiger partial charge in [-0.05, 0) is 24.3 Å². The molecule has 0 aliphatic heterocycles. The molecule has 98 valence electrons. The minimum atomic E-state index is -0.991. The average Bonchev–Trinajstić information content (AvgIpc) is 2.42. The number of benzene rings is 1. The van der Waals surface area contributed by atoms with Gasteiger partial charge < -0.3 is 5.32 Å². The molecule has 1 N–H and O–H groups in total. The molecular formula is C13H10F2N2OS. The van der Waals surface area contributed by atoms with Crippen molar-refractivity contribution in [2.24, 2.45) is 0 Å². The van der Waals surface area contributed by atoms with Crippen molar-refractivity contribution >= 4 is 23.4 Å². The Morgan fingerprint density at radius 1 is 1.21 bits per heavy atom. The van der Waals surface area contributed by atoms with Crippen LogP contribution in [0.5, 0.6) is 0 Å². The maximum atomic E-state index is 12.9. The van der Waals surface area contributed by atoms with E-state index < -0.39 is 11.6 Å². The van der Waals surface area contributed by atoms with Gasteiger partial charge in [0.15, 0.2) is 11.6 Å². The van der Waals surface area contributed by atoms with E-state index in [0.717, 1.165) is 17.2 Å². The highest BCUT2D eigenvalue weighted by atomic mass is 32.2. The van der Waals surface area contributed by atoms with Crippen molar-refractivity contribution in [1.29, 1.82) is 0 Å². The van der Waals surface area contributed by atoms with Crippen LogP contribution in [0.15, 0.2) is 47.6 Å². The third-order valence-corrected chi connectivity index (χ3v) is 3.14. The van der Waals surface area contributed by atoms with Crippen LogP contribution in [0.1, 0.15) is 0 Å². The quantitative estimate of drug-likeness (QED) is 0.875. The largest absolute Gasteiger partial charge is 0.325 e. The normalized spacial score (nSPS) is 10.2. The van der Waals surface area contributed by atoms with E-state index in [1.165, 1.54) is 17.8 Å². The maximum absolute atomic E-state index is 12.9. The highest BCUT2D eigenvalue weighted by Crippen LogP contribution is 2.16. The van der Waals surface area contributed by atoms with E-state index in [1.54, 1.807) is 18.3 Å². The third-order valence-electron chi connectivity index (χ3n) is 2.19. The topological polar surface area (TPSA) is 42.0 Å². The zero-order valence-electron chi connectivity index (χ0n) is 9.77. The van der Waals surface area contributed by atoms with Gasteiger partial charge in [0.25, 0.3) is 0 Å². The zero-order valence-corrected chi connectivity index (χ0v) is 10.6. The van der Waals surface area contributed by atoms with E-state index in [9.17, 15) is 13.6 Å². The van der Waals surface area contributed by atoms with Gasteiger partial charge in [-0.15, -0.1) is 0 Å². The lowest BCUT2D eigenvalue weighted by molar-refractivity contribution is -0.113. The van der Waals surface area contributed by atoms with E-state index >= 15 is 0 Å². The third kappa shape index (κ3) is 4.03. The van der Waals surface area contributed by atoms with Crippen molar-refractivity contribution in [3.63, 3.8) is 0 Å². The first-order valence-electron chi connectivity index (χ1n) is 5.44. The van der Waals surface area contributed by atoms with Gasteiger partial charge in [-0.3, -0.25) is 4.79 Å². The summed E-state index contributed by atoms with van der Waals surface area (Å²) in [5.74, 6) is -2.09. The number of thioether (sulfide) groups is 1. The number of pyridine rings is 1. The lowest BCUT2D eigenvalue weighted by Gasteiger charge is -2.05. The zero-order chi connectivity index (χ0) is 13.7. The summed E-state index contributed by atoms with van der Waals surface area (Å²) >= 11 is 1.26. The lowest BCUT2D eigenvalue weighted by atomic mass is 10.3. The van der Waals surface area contributed by atoms with Crippen molar-refractivity contribution in [3.05, 3.63) is 54.2 Å². The van der Waals surface area contributed by atoms with Gasteiger partial charge in [-0.1, -0.05) is 17.8 Å². The fourth-order valence-electron chi connectivity index (χ4n) is 1.34. The summed E-state index contributed by atoms with van der Waals surface area (Å²) in [6.07, 6.45) is 1.63. The molecule has 0 unspecified atom stereocenters. The highest BCUT2D eigenvalue weighted by molar-refractivity contribution is 7.99. The van der Waals surface area contributed by atoms with Crippen molar-refractivity contribution in [2.45, 2.75) is 5.03 Å². The maximum Gasteiger partial charge on any atom is 0.234 e. The van der Waals surface area contributed by atoms with Gasteiger partial charge in [0.05, 0.1) is 10.8 Å². The second kappa shape index (κ2) is 6.29. The molecule has 19 heavy (non-hydrogen) atoms. The highest BCUT2D eigenvalue weighted by Gasteiger charge is 2.07. The molecule has 2 aromatic rings. The van der Waals surface area contributed by atoms with Crippen LogP contribution in [-0.4, -0.2) is 16.6 Å². The summed E-state index contributed by atoms with van der Waals surface area (Å²) in [6.45, 7) is 0. The summed E-state index contributed by atoms with van der Waals surface area (Å²) < 4.78 is 25.6. The molecule has 0 bridgehead atoms. The summed E-state index contributed by atoms with van der Waals surface area (Å²) in [7, 11) is 0. The van der Waals surface area contributed by atoms with Crippen molar-refractivity contribution in [2.75, 3.05) is 11.1 Å². The molecule has 0 radical (unpaired) electrons. The summed E-state index contributed by atoms with van der Waals surface area (Å²) in [6, 6.07) is 8.61. The minimum Gasteiger partial charge on any atom is -0.325 e. The number of anilines is 1. The smallest absolute Gasteiger partial charge is 0.234 e. The molecule has 0 saturated carbocycles. The predicted molar refractivity (Wildman–Crippen MR) is 69.9 cm³/mol. The molecule has 2 rings (SSSR count). The Morgan fingerprint density at radius 3 is 2.74 bits per heavy atom. The molecule has 1 aromatic carbocycles. The Kier molecular flexibility index (Phi) is 4.46.